The Kier molecular flexibility index (Phi) is 15.1. The van der Waals surface area contributed by atoms with Gasteiger partial charge >= 0.3 is 6.09 Å². The number of carbonyl (C=O) groups excluding carboxylic acids is 1. The van der Waals surface area contributed by atoms with Crippen LogP contribution in [-0.2, 0) is 19.6 Å². The molecule has 0 spiro atoms. The summed E-state index contributed by atoms with van der Waals surface area (Å²) in [6.45, 7) is 9.76. The van der Waals surface area contributed by atoms with Crippen molar-refractivity contribution in [3.63, 3.8) is 0 Å². The van der Waals surface area contributed by atoms with E-state index in [4.69, 9.17) is 33.7 Å². The van der Waals surface area contributed by atoms with E-state index in [9.17, 15) is 15.0 Å². The van der Waals surface area contributed by atoms with Crippen molar-refractivity contribution in [3.8, 4) is 23.0 Å². The van der Waals surface area contributed by atoms with E-state index in [-0.39, 0.29) is 48.7 Å². The van der Waals surface area contributed by atoms with E-state index in [1.54, 1.807) is 60.8 Å². The van der Waals surface area contributed by atoms with Gasteiger partial charge in [0.15, 0.2) is 0 Å². The number of rotatable bonds is 19. The number of hydrogen-bond donors (Lipinski definition) is 3. The van der Waals surface area contributed by atoms with Crippen molar-refractivity contribution in [1.29, 1.82) is 0 Å². The zero-order valence-corrected chi connectivity index (χ0v) is 39.4. The predicted molar refractivity (Wildman–Crippen MR) is 252 cm³/mol. The van der Waals surface area contributed by atoms with E-state index in [0.29, 0.717) is 65.2 Å². The Hall–Kier alpha value is -5.52. The van der Waals surface area contributed by atoms with Gasteiger partial charge in [0.1, 0.15) is 33.5 Å². The van der Waals surface area contributed by atoms with Crippen LogP contribution in [0, 0.1) is 17.8 Å². The molecule has 1 aliphatic heterocycles. The summed E-state index contributed by atoms with van der Waals surface area (Å²) in [5.74, 6) is -1.33. The molecular formula is C50H62N4O11S. The molecule has 3 aromatic carbocycles. The largest absolute Gasteiger partial charge is 0.497 e. The molecule has 1 amide bonds. The van der Waals surface area contributed by atoms with Crippen LogP contribution in [0.3, 0.4) is 0 Å². The molecule has 15 nitrogen and oxygen atoms in total. The minimum absolute atomic E-state index is 0.0162. The molecule has 4 aromatic rings. The number of likely N-dealkylation sites (N-methyl/N-ethyl adjacent to an activating group) is 1. The number of fused-ring (bicyclic) bond motifs is 3. The third-order valence-electron chi connectivity index (χ3n) is 12.6. The zero-order chi connectivity index (χ0) is 47.2. The van der Waals surface area contributed by atoms with Gasteiger partial charge in [-0.05, 0) is 106 Å². The van der Waals surface area contributed by atoms with E-state index in [1.165, 1.54) is 25.6 Å². The van der Waals surface area contributed by atoms with Crippen LogP contribution in [-0.4, -0.2) is 98.2 Å². The molecule has 66 heavy (non-hydrogen) atoms. The predicted octanol–water partition coefficient (Wildman–Crippen LogP) is 8.62. The van der Waals surface area contributed by atoms with Gasteiger partial charge in [0, 0.05) is 55.8 Å². The Bertz CT molecular complexity index is 2550. The monoisotopic (exact) mass is 926 g/mol. The number of benzene rings is 3. The molecule has 16 heteroatoms. The second kappa shape index (κ2) is 20.6. The molecule has 2 heterocycles. The maximum Gasteiger partial charge on any atom is 0.417 e. The summed E-state index contributed by atoms with van der Waals surface area (Å²) in [5.41, 5.74) is 2.10. The number of anilines is 1. The fourth-order valence-electron chi connectivity index (χ4n) is 9.71. The molecule has 0 saturated heterocycles. The lowest BCUT2D eigenvalue weighted by atomic mass is 9.55. The van der Waals surface area contributed by atoms with Crippen LogP contribution in [0.4, 0.5) is 10.5 Å². The van der Waals surface area contributed by atoms with Crippen LogP contribution in [0.2, 0.25) is 0 Å². The Morgan fingerprint density at radius 1 is 1.00 bits per heavy atom. The topological polar surface area (TPSA) is 188 Å². The van der Waals surface area contributed by atoms with Crippen molar-refractivity contribution in [2.24, 2.45) is 22.9 Å². The van der Waals surface area contributed by atoms with E-state index in [2.05, 4.69) is 23.0 Å². The normalized spacial score (nSPS) is 23.0. The van der Waals surface area contributed by atoms with Crippen molar-refractivity contribution >= 4 is 38.4 Å². The maximum atomic E-state index is 15.2. The van der Waals surface area contributed by atoms with Gasteiger partial charge in [0.25, 0.3) is 0 Å². The van der Waals surface area contributed by atoms with E-state index >= 15 is 8.42 Å². The molecule has 2 aliphatic carbocycles. The van der Waals surface area contributed by atoms with Crippen LogP contribution in [0.5, 0.6) is 23.0 Å². The number of oxime groups is 1. The van der Waals surface area contributed by atoms with Crippen LogP contribution < -0.4 is 24.3 Å². The van der Waals surface area contributed by atoms with Crippen molar-refractivity contribution in [1.82, 2.24) is 9.29 Å². The molecule has 6 atom stereocenters. The number of unbranched alkanes of at least 4 members (excludes halogenated alkanes) is 2. The molecule has 1 saturated carbocycles. The summed E-state index contributed by atoms with van der Waals surface area (Å²) in [6, 6.07) is 17.8. The van der Waals surface area contributed by atoms with Crippen LogP contribution >= 0.6 is 0 Å². The fourth-order valence-corrected chi connectivity index (χ4v) is 11.2. The number of amides is 1. The third kappa shape index (κ3) is 9.93. The molecule has 1 fully saturated rings. The summed E-state index contributed by atoms with van der Waals surface area (Å²) >= 11 is 0. The molecular weight excluding hydrogens is 865 g/mol. The van der Waals surface area contributed by atoms with Gasteiger partial charge in [0.05, 0.1) is 49.7 Å². The number of aliphatic hydroxyl groups excluding tert-OH is 2. The summed E-state index contributed by atoms with van der Waals surface area (Å²) in [5, 5.41) is 28.2. The minimum atomic E-state index is -4.32. The molecule has 354 valence electrons. The van der Waals surface area contributed by atoms with E-state index < -0.39 is 45.4 Å². The van der Waals surface area contributed by atoms with Gasteiger partial charge in [-0.2, -0.15) is 4.31 Å². The standard InChI is InChI=1S/C50H62N4O11S/c1-8-27-62-50-44(54(5)66(58,59)43-19-13-16-32-17-14-24-51-47(32)43)31-40(53-65-49(2,3)4)37-28-33(15-9-11-25-55)36(18-10-12-26-56)45(46(37)50)38-29-35(21-23-41(38)64-50)63-48(57)52-39-22-20-34(60-6)30-42(39)61-7/h8,13-14,16-17,19-24,28-30,33,36,44-46,55-56H,1,9-12,15,18,25-27,31H2,2-7H3,(H,52,57)/t33-,36+,44-,45+,46+,50+/m0/s1. The highest BCUT2D eigenvalue weighted by Gasteiger charge is 2.66. The first-order valence-corrected chi connectivity index (χ1v) is 23.9. The minimum Gasteiger partial charge on any atom is -0.497 e. The summed E-state index contributed by atoms with van der Waals surface area (Å²) in [7, 11) is 0.247. The van der Waals surface area contributed by atoms with Gasteiger partial charge < -0.3 is 38.7 Å². The molecule has 7 rings (SSSR count). The Balaban J connectivity index is 1.42. The molecule has 3 N–H and O–H groups in total. The molecule has 0 radical (unpaired) electrons. The van der Waals surface area contributed by atoms with Gasteiger partial charge in [-0.15, -0.1) is 6.58 Å². The second-order valence-electron chi connectivity index (χ2n) is 17.9. The first-order chi connectivity index (χ1) is 31.7. The van der Waals surface area contributed by atoms with Gasteiger partial charge in [-0.3, -0.25) is 10.3 Å². The lowest BCUT2D eigenvalue weighted by Crippen LogP contribution is -2.69. The first-order valence-electron chi connectivity index (χ1n) is 22.5. The number of pyridine rings is 1. The number of para-hydroxylation sites is 1. The number of aromatic nitrogens is 1. The first kappa shape index (κ1) is 48.4. The smallest absolute Gasteiger partial charge is 0.417 e. The van der Waals surface area contributed by atoms with Crippen molar-refractivity contribution in [3.05, 3.63) is 103 Å². The Labute approximate surface area is 387 Å². The molecule has 1 aromatic heterocycles. The number of carbonyl (C=O) groups is 1. The number of nitrogens with one attached hydrogen (secondary N) is 1. The highest BCUT2D eigenvalue weighted by atomic mass is 32.2. The summed E-state index contributed by atoms with van der Waals surface area (Å²) in [4.78, 5) is 24.3. The Morgan fingerprint density at radius 2 is 1.74 bits per heavy atom. The number of sulfonamides is 1. The average Bonchev–Trinajstić information content (AvgIpc) is 3.30. The van der Waals surface area contributed by atoms with Crippen molar-refractivity contribution < 1.29 is 51.9 Å². The number of aliphatic hydroxyl groups is 2. The van der Waals surface area contributed by atoms with Crippen molar-refractivity contribution in [2.45, 2.75) is 94.0 Å². The van der Waals surface area contributed by atoms with Gasteiger partial charge in [-0.1, -0.05) is 48.3 Å². The summed E-state index contributed by atoms with van der Waals surface area (Å²) < 4.78 is 62.7. The third-order valence-corrected chi connectivity index (χ3v) is 14.5. The SMILES string of the molecule is C=CCO[C@@]12Oc3ccc(OC(=O)Nc4ccc(OC)cc4OC)cc3[C@H]3[C@H](CCCCO)[C@@H](CCCCO)C=C(C(=NOC(C)(C)C)C[C@@H]1N(C)S(=O)(=O)c1cccc4cccnc14)[C@H]32. The fraction of sp³-hybridized carbons (Fsp3) is 0.460. The van der Waals surface area contributed by atoms with Gasteiger partial charge in [-0.25, -0.2) is 13.2 Å². The summed E-state index contributed by atoms with van der Waals surface area (Å²) in [6.07, 6.45) is 8.74. The number of nitrogens with zero attached hydrogens (tertiary/aromatic N) is 3. The lowest BCUT2D eigenvalue weighted by molar-refractivity contribution is -0.250. The zero-order valence-electron chi connectivity index (χ0n) is 38.6. The Morgan fingerprint density at radius 3 is 2.45 bits per heavy atom. The van der Waals surface area contributed by atoms with E-state index in [1.807, 2.05) is 39.0 Å². The number of methoxy groups -OCH3 is 2. The van der Waals surface area contributed by atoms with Crippen LogP contribution in [0.15, 0.2) is 107 Å². The molecule has 0 unspecified atom stereocenters. The van der Waals surface area contributed by atoms with Crippen LogP contribution in [0.1, 0.15) is 77.2 Å². The van der Waals surface area contributed by atoms with Crippen molar-refractivity contribution in [2.75, 3.05) is 46.4 Å². The average molecular weight is 927 g/mol. The molecule has 0 bridgehead atoms. The molecule has 3 aliphatic rings. The van der Waals surface area contributed by atoms with Gasteiger partial charge in [0.2, 0.25) is 15.8 Å². The highest BCUT2D eigenvalue weighted by molar-refractivity contribution is 7.89. The lowest BCUT2D eigenvalue weighted by Gasteiger charge is -2.59. The maximum absolute atomic E-state index is 15.2. The van der Waals surface area contributed by atoms with Crippen LogP contribution in [0.25, 0.3) is 10.9 Å². The number of hydrogen-bond acceptors (Lipinski definition) is 13. The van der Waals surface area contributed by atoms with E-state index in [0.717, 1.165) is 24.0 Å². The number of ether oxygens (including phenoxy) is 5. The highest BCUT2D eigenvalue weighted by Crippen LogP contribution is 2.62. The quantitative estimate of drug-likeness (QED) is 0.0462. The second-order valence-corrected chi connectivity index (χ2v) is 19.9. The number of allylic oxidation sites excluding steroid dienone is 1.